The number of amidine groups is 1. The molecule has 0 aliphatic rings. The van der Waals surface area contributed by atoms with Gasteiger partial charge in [0.15, 0.2) is 5.84 Å². The number of aromatic nitrogens is 1. The fourth-order valence-electron chi connectivity index (χ4n) is 2.22. The molecule has 0 spiro atoms. The second-order valence-electron chi connectivity index (χ2n) is 5.33. The van der Waals surface area contributed by atoms with Gasteiger partial charge >= 0.3 is 0 Å². The van der Waals surface area contributed by atoms with Gasteiger partial charge in [0, 0.05) is 12.3 Å². The monoisotopic (exact) mass is 360 g/mol. The van der Waals surface area contributed by atoms with Crippen molar-refractivity contribution in [2.24, 2.45) is 10.1 Å². The first-order chi connectivity index (χ1) is 13.1. The lowest BCUT2D eigenvalue weighted by molar-refractivity contribution is -0.398. The summed E-state index contributed by atoms with van der Waals surface area (Å²) in [5.74, 6) is -0.330. The van der Waals surface area contributed by atoms with Crippen molar-refractivity contribution in [3.8, 4) is 5.75 Å². The van der Waals surface area contributed by atoms with Crippen molar-refractivity contribution in [2.75, 3.05) is 0 Å². The zero-order valence-electron chi connectivity index (χ0n) is 14.0. The predicted octanol–water partition coefficient (Wildman–Crippen LogP) is 2.77. The van der Waals surface area contributed by atoms with Gasteiger partial charge in [-0.25, -0.2) is 4.99 Å². The van der Waals surface area contributed by atoms with E-state index < -0.39 is 16.4 Å². The number of benzene rings is 2. The van der Waals surface area contributed by atoms with Crippen molar-refractivity contribution in [1.29, 1.82) is 0 Å². The summed E-state index contributed by atoms with van der Waals surface area (Å²) in [6, 6.07) is 18.6. The molecule has 0 aliphatic heterocycles. The number of hydrogen-bond donors (Lipinski definition) is 1. The molecule has 2 aromatic carbocycles. The van der Waals surface area contributed by atoms with Gasteiger partial charge in [0.1, 0.15) is 5.69 Å². The van der Waals surface area contributed by atoms with Crippen LogP contribution in [0.2, 0.25) is 0 Å². The number of aliphatic imine (C=N–C) groups is 1. The number of para-hydroxylation sites is 2. The lowest BCUT2D eigenvalue weighted by Crippen LogP contribution is -2.20. The van der Waals surface area contributed by atoms with Gasteiger partial charge in [-0.05, 0) is 35.6 Å². The van der Waals surface area contributed by atoms with E-state index in [0.717, 1.165) is 6.07 Å². The van der Waals surface area contributed by atoms with Crippen molar-refractivity contribution in [1.82, 2.24) is 10.4 Å². The van der Waals surface area contributed by atoms with Crippen LogP contribution in [-0.2, 0) is 0 Å². The number of rotatable bonds is 5. The number of hydrogen-bond acceptors (Lipinski definition) is 6. The minimum Gasteiger partial charge on any atom is -0.867 e. The van der Waals surface area contributed by atoms with E-state index >= 15 is 0 Å². The van der Waals surface area contributed by atoms with Crippen molar-refractivity contribution in [2.45, 2.75) is 0 Å². The molecule has 3 rings (SSSR count). The van der Waals surface area contributed by atoms with Crippen LogP contribution < -0.4 is 10.5 Å². The van der Waals surface area contributed by atoms with Gasteiger partial charge in [-0.3, -0.25) is 20.5 Å². The Labute approximate surface area is 154 Å². The lowest BCUT2D eigenvalue weighted by atomic mass is 10.2. The summed E-state index contributed by atoms with van der Waals surface area (Å²) in [4.78, 5) is 18.9. The Balaban J connectivity index is 1.88. The van der Waals surface area contributed by atoms with Gasteiger partial charge < -0.3 is 5.11 Å². The fraction of sp³-hybridized carbons (Fsp3) is 0. The molecule has 1 aromatic heterocycles. The Hall–Kier alpha value is -4.07. The van der Waals surface area contributed by atoms with Gasteiger partial charge in [-0.1, -0.05) is 36.4 Å². The first-order valence-corrected chi connectivity index (χ1v) is 7.94. The van der Waals surface area contributed by atoms with E-state index in [1.807, 2.05) is 36.4 Å². The third kappa shape index (κ3) is 4.51. The van der Waals surface area contributed by atoms with Crippen molar-refractivity contribution in [3.63, 3.8) is 0 Å². The van der Waals surface area contributed by atoms with Crippen LogP contribution in [-0.4, -0.2) is 22.0 Å². The molecule has 134 valence electrons. The third-order valence-corrected chi connectivity index (χ3v) is 3.50. The second-order valence-corrected chi connectivity index (χ2v) is 5.33. The minimum atomic E-state index is -0.719. The van der Waals surface area contributed by atoms with Crippen LogP contribution in [0.1, 0.15) is 11.3 Å². The maximum absolute atomic E-state index is 12.0. The quantitative estimate of drug-likeness (QED) is 0.325. The van der Waals surface area contributed by atoms with Crippen molar-refractivity contribution in [3.05, 3.63) is 94.3 Å². The molecule has 0 aliphatic carbocycles. The Bertz CT molecular complexity index is 989. The Morgan fingerprint density at radius 3 is 2.52 bits per heavy atom. The zero-order valence-corrected chi connectivity index (χ0v) is 14.0. The SMILES string of the molecule is O=[N+]([O-])c1cccc(/C=N\NC(=Nc2ccccc2)c2ccccn2)c1[O-]. The van der Waals surface area contributed by atoms with Gasteiger partial charge in [0.05, 0.1) is 16.8 Å². The maximum atomic E-state index is 12.0. The van der Waals surface area contributed by atoms with Crippen LogP contribution in [0, 0.1) is 10.1 Å². The normalized spacial score (nSPS) is 11.5. The van der Waals surface area contributed by atoms with Crippen LogP contribution in [0.5, 0.6) is 5.75 Å². The van der Waals surface area contributed by atoms with E-state index in [9.17, 15) is 15.2 Å². The highest BCUT2D eigenvalue weighted by atomic mass is 16.6. The average molecular weight is 360 g/mol. The molecule has 0 radical (unpaired) electrons. The van der Waals surface area contributed by atoms with Gasteiger partial charge in [0.25, 0.3) is 5.69 Å². The van der Waals surface area contributed by atoms with E-state index in [-0.39, 0.29) is 5.56 Å². The third-order valence-electron chi connectivity index (χ3n) is 3.50. The Morgan fingerprint density at radius 2 is 1.81 bits per heavy atom. The standard InChI is InChI=1S/C19H15N5O3/c25-18-14(7-6-11-17(18)24(26)27)13-21-23-19(16-10-4-5-12-20-16)22-15-8-2-1-3-9-15/h1-13,25H,(H,22,23)/p-1/b21-13-. The number of nitro benzene ring substituents is 1. The first kappa shape index (κ1) is 17.7. The van der Waals surface area contributed by atoms with Gasteiger partial charge in [0.2, 0.25) is 0 Å². The number of nitrogens with one attached hydrogen (secondary N) is 1. The number of pyridine rings is 1. The fourth-order valence-corrected chi connectivity index (χ4v) is 2.22. The topological polar surface area (TPSA) is 116 Å². The number of hydrazone groups is 1. The molecule has 0 saturated carbocycles. The van der Waals surface area contributed by atoms with Gasteiger partial charge in [-0.15, -0.1) is 0 Å². The first-order valence-electron chi connectivity index (χ1n) is 7.94. The van der Waals surface area contributed by atoms with E-state index in [1.54, 1.807) is 18.3 Å². The summed E-state index contributed by atoms with van der Waals surface area (Å²) in [6.45, 7) is 0. The molecule has 0 bridgehead atoms. The molecule has 8 heteroatoms. The van der Waals surface area contributed by atoms with Crippen LogP contribution >= 0.6 is 0 Å². The Kier molecular flexibility index (Phi) is 5.48. The molecule has 0 saturated heterocycles. The molecule has 3 aromatic rings. The zero-order chi connectivity index (χ0) is 19.1. The highest BCUT2D eigenvalue weighted by Crippen LogP contribution is 2.25. The van der Waals surface area contributed by atoms with E-state index in [4.69, 9.17) is 0 Å². The molecular formula is C19H14N5O3-. The van der Waals surface area contributed by atoms with Crippen LogP contribution in [0.4, 0.5) is 11.4 Å². The summed E-state index contributed by atoms with van der Waals surface area (Å²) in [5.41, 5.74) is 3.60. The predicted molar refractivity (Wildman–Crippen MR) is 100 cm³/mol. The van der Waals surface area contributed by atoms with Crippen LogP contribution in [0.25, 0.3) is 0 Å². The minimum absolute atomic E-state index is 0.0942. The van der Waals surface area contributed by atoms with Crippen LogP contribution in [0.15, 0.2) is 83.0 Å². The molecule has 0 unspecified atom stereocenters. The van der Waals surface area contributed by atoms with E-state index in [1.165, 1.54) is 18.3 Å². The highest BCUT2D eigenvalue weighted by molar-refractivity contribution is 5.99. The molecule has 0 atom stereocenters. The Morgan fingerprint density at radius 1 is 1.04 bits per heavy atom. The molecule has 27 heavy (non-hydrogen) atoms. The second kappa shape index (κ2) is 8.34. The summed E-state index contributed by atoms with van der Waals surface area (Å²) >= 11 is 0. The lowest BCUT2D eigenvalue weighted by Gasteiger charge is -2.10. The summed E-state index contributed by atoms with van der Waals surface area (Å²) in [6.07, 6.45) is 2.84. The molecule has 1 N–H and O–H groups in total. The summed E-state index contributed by atoms with van der Waals surface area (Å²) in [7, 11) is 0. The number of nitro groups is 1. The van der Waals surface area contributed by atoms with Gasteiger partial charge in [-0.2, -0.15) is 5.10 Å². The average Bonchev–Trinajstić information content (AvgIpc) is 2.69. The molecule has 0 fully saturated rings. The van der Waals surface area contributed by atoms with Crippen molar-refractivity contribution < 1.29 is 10.0 Å². The van der Waals surface area contributed by atoms with E-state index in [2.05, 4.69) is 20.5 Å². The largest absolute Gasteiger partial charge is 0.867 e. The molecule has 8 nitrogen and oxygen atoms in total. The molecular weight excluding hydrogens is 346 g/mol. The number of nitrogens with zero attached hydrogens (tertiary/aromatic N) is 4. The smallest absolute Gasteiger partial charge is 0.262 e. The summed E-state index contributed by atoms with van der Waals surface area (Å²) < 4.78 is 0. The molecule has 1 heterocycles. The van der Waals surface area contributed by atoms with E-state index in [0.29, 0.717) is 17.2 Å². The van der Waals surface area contributed by atoms with Crippen LogP contribution in [0.3, 0.4) is 0 Å². The highest BCUT2D eigenvalue weighted by Gasteiger charge is 2.08. The maximum Gasteiger partial charge on any atom is 0.262 e. The van der Waals surface area contributed by atoms with Crippen molar-refractivity contribution >= 4 is 23.4 Å². The molecule has 0 amide bonds. The summed E-state index contributed by atoms with van der Waals surface area (Å²) in [5, 5.41) is 26.9.